The molecule has 0 aromatic rings. The van der Waals surface area contributed by atoms with E-state index >= 15 is 0 Å². The Labute approximate surface area is 137 Å². The van der Waals surface area contributed by atoms with Gasteiger partial charge in [-0.15, -0.1) is 0 Å². The highest BCUT2D eigenvalue weighted by molar-refractivity contribution is 5.78. The van der Waals surface area contributed by atoms with Crippen LogP contribution in [0.25, 0.3) is 0 Å². The smallest absolute Gasteiger partial charge is 0.233 e. The Bertz CT molecular complexity index is 349. The Morgan fingerprint density at radius 3 is 2.68 bits per heavy atom. The molecular formula is C19H36N2O. The number of allylic oxidation sites excluding steroid dienone is 1. The van der Waals surface area contributed by atoms with Gasteiger partial charge >= 0.3 is 0 Å². The second-order valence-electron chi connectivity index (χ2n) is 7.58. The van der Waals surface area contributed by atoms with Gasteiger partial charge in [-0.1, -0.05) is 58.6 Å². The van der Waals surface area contributed by atoms with E-state index in [1.54, 1.807) is 0 Å². The minimum absolute atomic E-state index is 0.0272. The molecule has 1 amide bonds. The molecule has 0 aromatic carbocycles. The number of nitrogens with two attached hydrogens (primary N) is 1. The summed E-state index contributed by atoms with van der Waals surface area (Å²) in [6.07, 6.45) is 15.9. The number of rotatable bonds is 9. The van der Waals surface area contributed by atoms with Crippen LogP contribution in [0.3, 0.4) is 0 Å². The first kappa shape index (κ1) is 19.2. The summed E-state index contributed by atoms with van der Waals surface area (Å²) in [6, 6.07) is 0.246. The van der Waals surface area contributed by atoms with Crippen molar-refractivity contribution in [1.29, 1.82) is 0 Å². The molecule has 3 N–H and O–H groups in total. The minimum Gasteiger partial charge on any atom is -0.352 e. The van der Waals surface area contributed by atoms with E-state index in [1.807, 2.05) is 0 Å². The molecule has 3 nitrogen and oxygen atoms in total. The average Bonchev–Trinajstić information content (AvgIpc) is 2.47. The van der Waals surface area contributed by atoms with Crippen LogP contribution in [0.1, 0.15) is 78.6 Å². The fourth-order valence-electron chi connectivity index (χ4n) is 3.40. The van der Waals surface area contributed by atoms with Gasteiger partial charge < -0.3 is 11.1 Å². The lowest BCUT2D eigenvalue weighted by Crippen LogP contribution is -2.47. The highest BCUT2D eigenvalue weighted by Gasteiger charge is 2.34. The fourth-order valence-corrected chi connectivity index (χ4v) is 3.40. The molecule has 2 atom stereocenters. The highest BCUT2D eigenvalue weighted by Crippen LogP contribution is 2.38. The molecule has 128 valence electrons. The van der Waals surface area contributed by atoms with Gasteiger partial charge in [-0.05, 0) is 43.4 Å². The monoisotopic (exact) mass is 308 g/mol. The average molecular weight is 309 g/mol. The normalized spacial score (nSPS) is 24.5. The van der Waals surface area contributed by atoms with Crippen molar-refractivity contribution in [3.63, 3.8) is 0 Å². The van der Waals surface area contributed by atoms with Gasteiger partial charge in [0.1, 0.15) is 0 Å². The van der Waals surface area contributed by atoms with Crippen LogP contribution in [0.15, 0.2) is 12.2 Å². The van der Waals surface area contributed by atoms with E-state index in [0.29, 0.717) is 11.3 Å². The summed E-state index contributed by atoms with van der Waals surface area (Å²) in [5.41, 5.74) is 5.77. The van der Waals surface area contributed by atoms with E-state index in [-0.39, 0.29) is 18.5 Å². The van der Waals surface area contributed by atoms with Crippen molar-refractivity contribution < 1.29 is 4.79 Å². The minimum atomic E-state index is -0.0272. The third-order valence-electron chi connectivity index (χ3n) is 4.83. The van der Waals surface area contributed by atoms with Crippen LogP contribution in [0.4, 0.5) is 0 Å². The number of nitrogens with one attached hydrogen (secondary N) is 1. The first-order chi connectivity index (χ1) is 10.5. The molecule has 1 rings (SSSR count). The first-order valence-corrected chi connectivity index (χ1v) is 9.14. The molecule has 0 spiro atoms. The van der Waals surface area contributed by atoms with E-state index in [4.69, 9.17) is 5.73 Å². The largest absolute Gasteiger partial charge is 0.352 e. The van der Waals surface area contributed by atoms with Gasteiger partial charge in [0.2, 0.25) is 5.91 Å². The molecule has 0 radical (unpaired) electrons. The van der Waals surface area contributed by atoms with Gasteiger partial charge in [0.15, 0.2) is 0 Å². The SMILES string of the molecule is CCCCCCCC=C[C@H]1CCC(C)(C)C[C@H]1NC(=O)CN. The second-order valence-corrected chi connectivity index (χ2v) is 7.58. The standard InChI is InChI=1S/C19H36N2O/c1-4-5-6-7-8-9-10-11-16-12-13-19(2,3)14-17(16)21-18(22)15-20/h10-11,16-17H,4-9,12-15,20H2,1-3H3,(H,21,22)/t16-,17+/m0/s1. The van der Waals surface area contributed by atoms with E-state index in [2.05, 4.69) is 38.2 Å². The van der Waals surface area contributed by atoms with Crippen LogP contribution >= 0.6 is 0 Å². The zero-order chi connectivity index (χ0) is 16.4. The predicted molar refractivity (Wildman–Crippen MR) is 94.6 cm³/mol. The summed E-state index contributed by atoms with van der Waals surface area (Å²) in [6.45, 7) is 6.93. The molecule has 0 bridgehead atoms. The maximum Gasteiger partial charge on any atom is 0.233 e. The Balaban J connectivity index is 2.42. The predicted octanol–water partition coefficient (Wildman–Crippen LogP) is 4.17. The van der Waals surface area contributed by atoms with Gasteiger partial charge in [0.25, 0.3) is 0 Å². The lowest BCUT2D eigenvalue weighted by Gasteiger charge is -2.40. The molecule has 3 heteroatoms. The van der Waals surface area contributed by atoms with Gasteiger partial charge in [-0.2, -0.15) is 0 Å². The first-order valence-electron chi connectivity index (χ1n) is 9.14. The Morgan fingerprint density at radius 1 is 1.27 bits per heavy atom. The molecule has 0 aromatic heterocycles. The molecule has 1 fully saturated rings. The van der Waals surface area contributed by atoms with Crippen molar-refractivity contribution in [3.05, 3.63) is 12.2 Å². The zero-order valence-corrected chi connectivity index (χ0v) is 14.9. The third-order valence-corrected chi connectivity index (χ3v) is 4.83. The number of amides is 1. The maximum atomic E-state index is 11.7. The molecule has 0 heterocycles. The Hall–Kier alpha value is -0.830. The number of carbonyl (C=O) groups excluding carboxylic acids is 1. The lowest BCUT2D eigenvalue weighted by atomic mass is 9.70. The molecule has 22 heavy (non-hydrogen) atoms. The number of hydrogen-bond donors (Lipinski definition) is 2. The van der Waals surface area contributed by atoms with Crippen molar-refractivity contribution in [3.8, 4) is 0 Å². The van der Waals surface area contributed by atoms with Crippen LogP contribution in [-0.2, 0) is 4.79 Å². The van der Waals surface area contributed by atoms with Crippen molar-refractivity contribution in [2.24, 2.45) is 17.1 Å². The van der Waals surface area contributed by atoms with E-state index in [0.717, 1.165) is 12.8 Å². The Morgan fingerprint density at radius 2 is 2.00 bits per heavy atom. The number of hydrogen-bond acceptors (Lipinski definition) is 2. The van der Waals surface area contributed by atoms with Crippen LogP contribution in [0.2, 0.25) is 0 Å². The molecule has 0 saturated heterocycles. The molecule has 1 saturated carbocycles. The quantitative estimate of drug-likeness (QED) is 0.496. The van der Waals surface area contributed by atoms with Crippen molar-refractivity contribution in [1.82, 2.24) is 5.32 Å². The van der Waals surface area contributed by atoms with E-state index < -0.39 is 0 Å². The molecule has 1 aliphatic rings. The van der Waals surface area contributed by atoms with Crippen molar-refractivity contribution >= 4 is 5.91 Å². The fraction of sp³-hybridized carbons (Fsp3) is 0.842. The third kappa shape index (κ3) is 7.44. The van der Waals surface area contributed by atoms with Gasteiger partial charge in [0, 0.05) is 6.04 Å². The van der Waals surface area contributed by atoms with Crippen LogP contribution in [0, 0.1) is 11.3 Å². The zero-order valence-electron chi connectivity index (χ0n) is 14.9. The van der Waals surface area contributed by atoms with Crippen LogP contribution in [-0.4, -0.2) is 18.5 Å². The molecule has 0 aliphatic heterocycles. The summed E-state index contributed by atoms with van der Waals surface area (Å²) in [5.74, 6) is 0.444. The summed E-state index contributed by atoms with van der Waals surface area (Å²) in [7, 11) is 0. The summed E-state index contributed by atoms with van der Waals surface area (Å²) >= 11 is 0. The van der Waals surface area contributed by atoms with E-state index in [1.165, 1.54) is 44.9 Å². The second kappa shape index (κ2) is 10.0. The highest BCUT2D eigenvalue weighted by atomic mass is 16.1. The van der Waals surface area contributed by atoms with Gasteiger partial charge in [-0.3, -0.25) is 4.79 Å². The van der Waals surface area contributed by atoms with Crippen molar-refractivity contribution in [2.45, 2.75) is 84.6 Å². The number of unbranched alkanes of at least 4 members (excludes halogenated alkanes) is 5. The summed E-state index contributed by atoms with van der Waals surface area (Å²) < 4.78 is 0. The number of carbonyl (C=O) groups is 1. The molecule has 1 aliphatic carbocycles. The Kier molecular flexibility index (Phi) is 8.77. The maximum absolute atomic E-state index is 11.7. The van der Waals surface area contributed by atoms with Gasteiger partial charge in [-0.25, -0.2) is 0 Å². The summed E-state index contributed by atoms with van der Waals surface area (Å²) in [5, 5.41) is 3.13. The van der Waals surface area contributed by atoms with Crippen LogP contribution < -0.4 is 11.1 Å². The van der Waals surface area contributed by atoms with E-state index in [9.17, 15) is 4.79 Å². The lowest BCUT2D eigenvalue weighted by molar-refractivity contribution is -0.121. The topological polar surface area (TPSA) is 55.1 Å². The summed E-state index contributed by atoms with van der Waals surface area (Å²) in [4.78, 5) is 11.7. The van der Waals surface area contributed by atoms with Gasteiger partial charge in [0.05, 0.1) is 6.54 Å². The molecule has 0 unspecified atom stereocenters. The molecular weight excluding hydrogens is 272 g/mol. The van der Waals surface area contributed by atoms with Crippen molar-refractivity contribution in [2.75, 3.05) is 6.54 Å². The van der Waals surface area contributed by atoms with Crippen LogP contribution in [0.5, 0.6) is 0 Å².